The Morgan fingerprint density at radius 1 is 1.14 bits per heavy atom. The average Bonchev–Trinajstić information content (AvgIpc) is 2.95. The quantitative estimate of drug-likeness (QED) is 0.569. The molecule has 0 spiro atoms. The Bertz CT molecular complexity index is 958. The summed E-state index contributed by atoms with van der Waals surface area (Å²) < 4.78 is 18.9. The van der Waals surface area contributed by atoms with Crippen molar-refractivity contribution in [2.75, 3.05) is 6.61 Å². The van der Waals surface area contributed by atoms with E-state index in [2.05, 4.69) is 5.32 Å². The van der Waals surface area contributed by atoms with Crippen LogP contribution in [0.5, 0.6) is 5.75 Å². The van der Waals surface area contributed by atoms with E-state index in [1.807, 2.05) is 6.92 Å². The van der Waals surface area contributed by atoms with Gasteiger partial charge in [0.05, 0.1) is 13.2 Å². The minimum absolute atomic E-state index is 0.0376. The smallest absolute Gasteiger partial charge is 0.325 e. The Morgan fingerprint density at radius 2 is 1.83 bits per heavy atom. The Morgan fingerprint density at radius 3 is 2.41 bits per heavy atom. The van der Waals surface area contributed by atoms with E-state index >= 15 is 0 Å². The number of hydrogen-bond donors (Lipinski definition) is 1. The molecule has 1 aliphatic rings. The molecule has 6 nitrogen and oxygen atoms in total. The lowest BCUT2D eigenvalue weighted by molar-refractivity contribution is -0.132. The van der Waals surface area contributed by atoms with Crippen molar-refractivity contribution < 1.29 is 23.5 Å². The molecule has 1 aliphatic heterocycles. The second-order valence-corrected chi connectivity index (χ2v) is 6.90. The minimum atomic E-state index is -1.26. The summed E-state index contributed by atoms with van der Waals surface area (Å²) in [5.74, 6) is -0.460. The highest BCUT2D eigenvalue weighted by atomic mass is 19.1. The van der Waals surface area contributed by atoms with Gasteiger partial charge in [-0.1, -0.05) is 19.1 Å². The Balaban J connectivity index is 1.97. The molecule has 3 amide bonds. The number of Topliss-reactive ketones (excluding diaryl/α,β-unsaturated/α-hetero) is 1. The molecule has 0 aromatic heterocycles. The fourth-order valence-electron chi connectivity index (χ4n) is 3.53. The van der Waals surface area contributed by atoms with Crippen LogP contribution in [0.2, 0.25) is 0 Å². The van der Waals surface area contributed by atoms with E-state index < -0.39 is 23.3 Å². The summed E-state index contributed by atoms with van der Waals surface area (Å²) in [6.45, 7) is 5.43. The normalized spacial score (nSPS) is 18.7. The highest BCUT2D eigenvalue weighted by Gasteiger charge is 2.51. The lowest BCUT2D eigenvalue weighted by Crippen LogP contribution is -2.43. The summed E-state index contributed by atoms with van der Waals surface area (Å²) in [4.78, 5) is 38.9. The molecule has 1 heterocycles. The van der Waals surface area contributed by atoms with Crippen LogP contribution in [0.4, 0.5) is 9.18 Å². The van der Waals surface area contributed by atoms with Gasteiger partial charge in [0.25, 0.3) is 5.91 Å². The van der Waals surface area contributed by atoms with E-state index in [0.29, 0.717) is 35.5 Å². The number of hydrogen-bond acceptors (Lipinski definition) is 4. The molecule has 1 atom stereocenters. The SMILES string of the molecule is CCOc1ccc(C(C)=O)cc1CN1C(=O)NC(CC)(c2ccc(F)cc2)C1=O. The summed E-state index contributed by atoms with van der Waals surface area (Å²) >= 11 is 0. The van der Waals surface area contributed by atoms with Crippen molar-refractivity contribution in [3.8, 4) is 5.75 Å². The number of amides is 3. The molecule has 7 heteroatoms. The molecule has 2 aromatic carbocycles. The third kappa shape index (κ3) is 3.72. The van der Waals surface area contributed by atoms with E-state index in [4.69, 9.17) is 4.74 Å². The van der Waals surface area contributed by atoms with Crippen molar-refractivity contribution in [1.29, 1.82) is 0 Å². The first kappa shape index (κ1) is 20.5. The average molecular weight is 398 g/mol. The van der Waals surface area contributed by atoms with Crippen molar-refractivity contribution in [2.24, 2.45) is 0 Å². The van der Waals surface area contributed by atoms with Gasteiger partial charge in [-0.3, -0.25) is 14.5 Å². The number of halogens is 1. The van der Waals surface area contributed by atoms with Gasteiger partial charge in [0.15, 0.2) is 5.78 Å². The molecular weight excluding hydrogens is 375 g/mol. The summed E-state index contributed by atoms with van der Waals surface area (Å²) in [6.07, 6.45) is 0.311. The number of imide groups is 1. The van der Waals surface area contributed by atoms with Crippen molar-refractivity contribution in [3.63, 3.8) is 0 Å². The molecule has 1 N–H and O–H groups in total. The third-order valence-electron chi connectivity index (χ3n) is 5.14. The topological polar surface area (TPSA) is 75.7 Å². The molecule has 3 rings (SSSR count). The van der Waals surface area contributed by atoms with E-state index in [9.17, 15) is 18.8 Å². The van der Waals surface area contributed by atoms with Crippen molar-refractivity contribution in [1.82, 2.24) is 10.2 Å². The molecular formula is C22H23FN2O4. The van der Waals surface area contributed by atoms with Gasteiger partial charge in [-0.15, -0.1) is 0 Å². The highest BCUT2D eigenvalue weighted by Crippen LogP contribution is 2.34. The number of ether oxygens (including phenoxy) is 1. The zero-order valence-electron chi connectivity index (χ0n) is 16.6. The van der Waals surface area contributed by atoms with Gasteiger partial charge in [-0.2, -0.15) is 0 Å². The Hall–Kier alpha value is -3.22. The second-order valence-electron chi connectivity index (χ2n) is 6.90. The second kappa shape index (κ2) is 8.03. The van der Waals surface area contributed by atoms with Gasteiger partial charge in [0.1, 0.15) is 17.1 Å². The number of nitrogens with one attached hydrogen (secondary N) is 1. The first-order chi connectivity index (χ1) is 13.8. The lowest BCUT2D eigenvalue weighted by atomic mass is 9.87. The first-order valence-corrected chi connectivity index (χ1v) is 9.49. The van der Waals surface area contributed by atoms with E-state index in [0.717, 1.165) is 4.90 Å². The van der Waals surface area contributed by atoms with Crippen LogP contribution in [-0.2, 0) is 16.9 Å². The number of benzene rings is 2. The molecule has 0 bridgehead atoms. The van der Waals surface area contributed by atoms with Crippen LogP contribution in [0.25, 0.3) is 0 Å². The number of rotatable bonds is 7. The van der Waals surface area contributed by atoms with E-state index in [1.54, 1.807) is 25.1 Å². The van der Waals surface area contributed by atoms with Crippen LogP contribution in [-0.4, -0.2) is 29.2 Å². The molecule has 1 saturated heterocycles. The van der Waals surface area contributed by atoms with Crippen LogP contribution in [0.1, 0.15) is 48.7 Å². The number of carbonyl (C=O) groups is 3. The van der Waals surface area contributed by atoms with Crippen LogP contribution in [0, 0.1) is 5.82 Å². The molecule has 0 saturated carbocycles. The fraction of sp³-hybridized carbons (Fsp3) is 0.318. The van der Waals surface area contributed by atoms with Gasteiger partial charge in [0, 0.05) is 11.1 Å². The lowest BCUT2D eigenvalue weighted by Gasteiger charge is -2.26. The predicted octanol–water partition coefficient (Wildman–Crippen LogP) is 3.78. The monoisotopic (exact) mass is 398 g/mol. The number of nitrogens with zero attached hydrogens (tertiary/aromatic N) is 1. The van der Waals surface area contributed by atoms with Crippen molar-refractivity contribution in [3.05, 3.63) is 65.0 Å². The summed E-state index contributed by atoms with van der Waals surface area (Å²) in [5.41, 5.74) is 0.295. The van der Waals surface area contributed by atoms with Crippen molar-refractivity contribution in [2.45, 2.75) is 39.3 Å². The largest absolute Gasteiger partial charge is 0.494 e. The van der Waals surface area contributed by atoms with Crippen LogP contribution in [0.15, 0.2) is 42.5 Å². The van der Waals surface area contributed by atoms with Gasteiger partial charge in [0.2, 0.25) is 0 Å². The minimum Gasteiger partial charge on any atom is -0.494 e. The Kier molecular flexibility index (Phi) is 5.68. The molecule has 29 heavy (non-hydrogen) atoms. The predicted molar refractivity (Wildman–Crippen MR) is 105 cm³/mol. The number of carbonyl (C=O) groups excluding carboxylic acids is 3. The fourth-order valence-corrected chi connectivity index (χ4v) is 3.53. The maximum absolute atomic E-state index is 13.3. The maximum Gasteiger partial charge on any atom is 0.325 e. The molecule has 1 fully saturated rings. The van der Waals surface area contributed by atoms with Crippen LogP contribution >= 0.6 is 0 Å². The molecule has 152 valence electrons. The molecule has 1 unspecified atom stereocenters. The maximum atomic E-state index is 13.3. The number of urea groups is 1. The van der Waals surface area contributed by atoms with Gasteiger partial charge in [-0.25, -0.2) is 9.18 Å². The zero-order valence-corrected chi connectivity index (χ0v) is 16.6. The first-order valence-electron chi connectivity index (χ1n) is 9.49. The summed E-state index contributed by atoms with van der Waals surface area (Å²) in [6, 6.07) is 9.94. The van der Waals surface area contributed by atoms with Gasteiger partial charge < -0.3 is 10.1 Å². The molecule has 0 radical (unpaired) electrons. The van der Waals surface area contributed by atoms with Gasteiger partial charge >= 0.3 is 6.03 Å². The third-order valence-corrected chi connectivity index (χ3v) is 5.14. The van der Waals surface area contributed by atoms with E-state index in [1.165, 1.54) is 31.2 Å². The summed E-state index contributed by atoms with van der Waals surface area (Å²) in [5, 5.41) is 2.77. The number of ketones is 1. The highest BCUT2D eigenvalue weighted by molar-refractivity contribution is 6.07. The van der Waals surface area contributed by atoms with Crippen LogP contribution in [0.3, 0.4) is 0 Å². The van der Waals surface area contributed by atoms with Crippen LogP contribution < -0.4 is 10.1 Å². The van der Waals surface area contributed by atoms with Gasteiger partial charge in [-0.05, 0) is 56.2 Å². The molecule has 0 aliphatic carbocycles. The van der Waals surface area contributed by atoms with Crippen molar-refractivity contribution >= 4 is 17.7 Å². The molecule has 2 aromatic rings. The Labute approximate surface area is 168 Å². The summed E-state index contributed by atoms with van der Waals surface area (Å²) in [7, 11) is 0. The standard InChI is InChI=1S/C22H23FN2O4/c1-4-22(17-7-9-18(23)10-8-17)20(27)25(21(28)24-22)13-16-12-15(14(3)26)6-11-19(16)29-5-2/h6-12H,4-5,13H2,1-3H3,(H,24,28). The zero-order chi connectivity index (χ0) is 21.2. The van der Waals surface area contributed by atoms with E-state index in [-0.39, 0.29) is 12.3 Å².